The van der Waals surface area contributed by atoms with Crippen molar-refractivity contribution in [2.24, 2.45) is 0 Å². The average molecular weight is 363 g/mol. The highest BCUT2D eigenvalue weighted by molar-refractivity contribution is 7.22. The minimum atomic E-state index is -4.37. The van der Waals surface area contributed by atoms with Crippen molar-refractivity contribution in [1.29, 1.82) is 0 Å². The number of benzene rings is 2. The van der Waals surface area contributed by atoms with Gasteiger partial charge in [0.1, 0.15) is 11.0 Å². The predicted molar refractivity (Wildman–Crippen MR) is 92.0 cm³/mol. The summed E-state index contributed by atoms with van der Waals surface area (Å²) in [5.41, 5.74) is 1.67. The fourth-order valence-electron chi connectivity index (χ4n) is 2.49. The van der Waals surface area contributed by atoms with E-state index in [2.05, 4.69) is 9.97 Å². The number of oxazole rings is 1. The first-order valence-electron chi connectivity index (χ1n) is 7.38. The van der Waals surface area contributed by atoms with Crippen LogP contribution in [0.3, 0.4) is 0 Å². The molecule has 0 bridgehead atoms. The summed E-state index contributed by atoms with van der Waals surface area (Å²) >= 11 is 1.54. The summed E-state index contributed by atoms with van der Waals surface area (Å²) in [6, 6.07) is 8.47. The van der Waals surface area contributed by atoms with E-state index in [4.69, 9.17) is 4.42 Å². The lowest BCUT2D eigenvalue weighted by molar-refractivity contribution is -0.137. The number of rotatable bonds is 2. The molecule has 4 rings (SSSR count). The molecular weight excluding hydrogens is 351 g/mol. The number of fused-ring (bicyclic) bond motifs is 3. The van der Waals surface area contributed by atoms with Gasteiger partial charge in [0, 0.05) is 19.7 Å². The van der Waals surface area contributed by atoms with Crippen LogP contribution in [0.2, 0.25) is 0 Å². The Bertz CT molecular complexity index is 1060. The zero-order chi connectivity index (χ0) is 17.8. The molecule has 0 saturated carbocycles. The molecule has 0 fully saturated rings. The first kappa shape index (κ1) is 15.9. The molecule has 0 amide bonds. The van der Waals surface area contributed by atoms with Crippen LogP contribution in [0.25, 0.3) is 32.8 Å². The lowest BCUT2D eigenvalue weighted by Gasteiger charge is -2.05. The molecule has 4 nitrogen and oxygen atoms in total. The number of hydrogen-bond acceptors (Lipinski definition) is 5. The van der Waals surface area contributed by atoms with Gasteiger partial charge in [-0.3, -0.25) is 0 Å². The van der Waals surface area contributed by atoms with Gasteiger partial charge < -0.3 is 9.32 Å². The van der Waals surface area contributed by atoms with Crippen molar-refractivity contribution in [2.75, 3.05) is 19.0 Å². The van der Waals surface area contributed by atoms with E-state index < -0.39 is 11.7 Å². The standard InChI is InChI=1S/C17H12F3N3OS/c1-23(2)16-22-14-12(25-16)8-7-11-13(14)21-15(24-11)9-3-5-10(6-4-9)17(18,19)20/h3-8H,1-2H3. The van der Waals surface area contributed by atoms with E-state index in [-0.39, 0.29) is 5.89 Å². The molecule has 0 atom stereocenters. The molecule has 2 heterocycles. The second-order valence-electron chi connectivity index (χ2n) is 5.74. The molecule has 0 spiro atoms. The zero-order valence-electron chi connectivity index (χ0n) is 13.3. The SMILES string of the molecule is CN(C)c1nc2c(ccc3oc(-c4ccc(C(F)(F)F)cc4)nc32)s1. The molecule has 0 saturated heterocycles. The van der Waals surface area contributed by atoms with Crippen LogP contribution < -0.4 is 4.90 Å². The van der Waals surface area contributed by atoms with Gasteiger partial charge in [-0.15, -0.1) is 0 Å². The molecular formula is C17H12F3N3OS. The number of anilines is 1. The van der Waals surface area contributed by atoms with Crippen LogP contribution in [0.1, 0.15) is 5.56 Å². The molecule has 128 valence electrons. The van der Waals surface area contributed by atoms with Gasteiger partial charge in [0.2, 0.25) is 5.89 Å². The van der Waals surface area contributed by atoms with Gasteiger partial charge in [-0.05, 0) is 36.4 Å². The Kier molecular flexibility index (Phi) is 3.47. The van der Waals surface area contributed by atoms with E-state index in [1.165, 1.54) is 23.5 Å². The number of thiazole rings is 1. The summed E-state index contributed by atoms with van der Waals surface area (Å²) in [5, 5.41) is 0.849. The number of aromatic nitrogens is 2. The van der Waals surface area contributed by atoms with Crippen LogP contribution in [-0.4, -0.2) is 24.1 Å². The van der Waals surface area contributed by atoms with Crippen LogP contribution in [0, 0.1) is 0 Å². The summed E-state index contributed by atoms with van der Waals surface area (Å²) in [6.07, 6.45) is -4.37. The second-order valence-corrected chi connectivity index (χ2v) is 6.75. The highest BCUT2D eigenvalue weighted by Gasteiger charge is 2.30. The largest absolute Gasteiger partial charge is 0.436 e. The van der Waals surface area contributed by atoms with Crippen molar-refractivity contribution < 1.29 is 17.6 Å². The van der Waals surface area contributed by atoms with E-state index in [0.717, 1.165) is 27.5 Å². The molecule has 0 aliphatic carbocycles. The fraction of sp³-hybridized carbons (Fsp3) is 0.176. The van der Waals surface area contributed by atoms with Crippen molar-refractivity contribution in [3.8, 4) is 11.5 Å². The Morgan fingerprint density at radius 2 is 1.68 bits per heavy atom. The topological polar surface area (TPSA) is 42.2 Å². The smallest absolute Gasteiger partial charge is 0.416 e. The Hall–Kier alpha value is -2.61. The molecule has 0 unspecified atom stereocenters. The minimum absolute atomic E-state index is 0.274. The van der Waals surface area contributed by atoms with E-state index >= 15 is 0 Å². The molecule has 0 radical (unpaired) electrons. The van der Waals surface area contributed by atoms with Crippen molar-refractivity contribution in [2.45, 2.75) is 6.18 Å². The fourth-order valence-corrected chi connectivity index (χ4v) is 3.38. The van der Waals surface area contributed by atoms with E-state index in [0.29, 0.717) is 16.7 Å². The van der Waals surface area contributed by atoms with Gasteiger partial charge in [0.15, 0.2) is 10.7 Å². The molecule has 0 aliphatic rings. The number of alkyl halides is 3. The zero-order valence-corrected chi connectivity index (χ0v) is 14.1. The maximum Gasteiger partial charge on any atom is 0.416 e. The molecule has 0 N–H and O–H groups in total. The van der Waals surface area contributed by atoms with Crippen molar-refractivity contribution in [3.05, 3.63) is 42.0 Å². The molecule has 2 aromatic heterocycles. The Morgan fingerprint density at radius 3 is 2.32 bits per heavy atom. The maximum atomic E-state index is 12.7. The highest BCUT2D eigenvalue weighted by Crippen LogP contribution is 2.35. The highest BCUT2D eigenvalue weighted by atomic mass is 32.1. The first-order chi connectivity index (χ1) is 11.8. The number of hydrogen-bond donors (Lipinski definition) is 0. The number of nitrogens with zero attached hydrogens (tertiary/aromatic N) is 3. The summed E-state index contributed by atoms with van der Waals surface area (Å²) < 4.78 is 44.7. The Balaban J connectivity index is 1.82. The molecule has 2 aromatic carbocycles. The van der Waals surface area contributed by atoms with Crippen molar-refractivity contribution in [3.63, 3.8) is 0 Å². The summed E-state index contributed by atoms with van der Waals surface area (Å²) in [5.74, 6) is 0.274. The normalized spacial score (nSPS) is 12.2. The molecule has 0 aliphatic heterocycles. The molecule has 25 heavy (non-hydrogen) atoms. The van der Waals surface area contributed by atoms with Gasteiger partial charge >= 0.3 is 6.18 Å². The first-order valence-corrected chi connectivity index (χ1v) is 8.19. The van der Waals surface area contributed by atoms with Crippen molar-refractivity contribution in [1.82, 2.24) is 9.97 Å². The van der Waals surface area contributed by atoms with Gasteiger partial charge in [0.25, 0.3) is 0 Å². The van der Waals surface area contributed by atoms with Gasteiger partial charge in [-0.1, -0.05) is 11.3 Å². The lowest BCUT2D eigenvalue weighted by Crippen LogP contribution is -2.07. The molecule has 8 heteroatoms. The Morgan fingerprint density at radius 1 is 0.960 bits per heavy atom. The third-order valence-electron chi connectivity index (χ3n) is 3.75. The third-order valence-corrected chi connectivity index (χ3v) is 4.94. The van der Waals surface area contributed by atoms with Crippen LogP contribution in [0.15, 0.2) is 40.8 Å². The van der Waals surface area contributed by atoms with Crippen molar-refractivity contribution >= 4 is 37.8 Å². The van der Waals surface area contributed by atoms with Crippen LogP contribution in [0.5, 0.6) is 0 Å². The van der Waals surface area contributed by atoms with Gasteiger partial charge in [0.05, 0.1) is 10.3 Å². The predicted octanol–water partition coefficient (Wildman–Crippen LogP) is 5.19. The summed E-state index contributed by atoms with van der Waals surface area (Å²) in [6.45, 7) is 0. The Labute approximate surface area is 144 Å². The van der Waals surface area contributed by atoms with Crippen LogP contribution >= 0.6 is 11.3 Å². The monoisotopic (exact) mass is 363 g/mol. The average Bonchev–Trinajstić information content (AvgIpc) is 3.17. The van der Waals surface area contributed by atoms with Gasteiger partial charge in [-0.2, -0.15) is 13.2 Å². The van der Waals surface area contributed by atoms with E-state index in [1.807, 2.05) is 25.1 Å². The second kappa shape index (κ2) is 5.45. The quantitative estimate of drug-likeness (QED) is 0.492. The van der Waals surface area contributed by atoms with Gasteiger partial charge in [-0.25, -0.2) is 9.97 Å². The van der Waals surface area contributed by atoms with E-state index in [1.54, 1.807) is 6.07 Å². The lowest BCUT2D eigenvalue weighted by atomic mass is 10.1. The molecule has 4 aromatic rings. The van der Waals surface area contributed by atoms with Crippen LogP contribution in [0.4, 0.5) is 18.3 Å². The summed E-state index contributed by atoms with van der Waals surface area (Å²) in [7, 11) is 3.82. The van der Waals surface area contributed by atoms with Crippen LogP contribution in [-0.2, 0) is 6.18 Å². The third kappa shape index (κ3) is 2.72. The minimum Gasteiger partial charge on any atom is -0.436 e. The van der Waals surface area contributed by atoms with E-state index in [9.17, 15) is 13.2 Å². The summed E-state index contributed by atoms with van der Waals surface area (Å²) in [4.78, 5) is 10.9. The maximum absolute atomic E-state index is 12.7. The number of halogens is 3.